The van der Waals surface area contributed by atoms with Crippen LogP contribution >= 0.6 is 15.9 Å². The molecule has 0 aromatic heterocycles. The quantitative estimate of drug-likeness (QED) is 0.899. The number of carbonyl (C=O) groups is 1. The number of aromatic hydroxyl groups is 1. The number of methoxy groups -OCH3 is 1. The van der Waals surface area contributed by atoms with Crippen molar-refractivity contribution in [2.24, 2.45) is 0 Å². The summed E-state index contributed by atoms with van der Waals surface area (Å²) in [7, 11) is 1.50. The minimum absolute atomic E-state index is 0.0145. The average molecular weight is 315 g/mol. The summed E-state index contributed by atoms with van der Waals surface area (Å²) in [4.78, 5) is 11.6. The number of phenols is 1. The molecule has 1 saturated carbocycles. The fraction of sp³-hybridized carbons (Fsp3) is 0.462. The highest BCUT2D eigenvalue weighted by Gasteiger charge is 2.44. The van der Waals surface area contributed by atoms with E-state index in [0.717, 1.165) is 12.8 Å². The van der Waals surface area contributed by atoms with Gasteiger partial charge in [0.15, 0.2) is 0 Å². The molecule has 5 heteroatoms. The molecule has 0 atom stereocenters. The SMILES string of the molecule is COc1cc(O)c(C2(C(=O)O)CCCC2)cc1Br. The summed E-state index contributed by atoms with van der Waals surface area (Å²) in [6, 6.07) is 3.12. The third-order valence-corrected chi connectivity index (χ3v) is 4.27. The first kappa shape index (κ1) is 13.2. The lowest BCUT2D eigenvalue weighted by atomic mass is 9.78. The Hall–Kier alpha value is -1.23. The standard InChI is InChI=1S/C13H15BrO4/c1-18-11-7-10(15)8(6-9(11)14)13(12(16)17)4-2-3-5-13/h6-7,15H,2-5H2,1H3,(H,16,17). The molecule has 0 heterocycles. The molecule has 2 N–H and O–H groups in total. The minimum atomic E-state index is -0.959. The van der Waals surface area contributed by atoms with Gasteiger partial charge in [-0.05, 0) is 34.8 Å². The van der Waals surface area contributed by atoms with Crippen LogP contribution < -0.4 is 4.74 Å². The van der Waals surface area contributed by atoms with E-state index in [1.807, 2.05) is 0 Å². The molecule has 18 heavy (non-hydrogen) atoms. The first-order valence-corrected chi connectivity index (χ1v) is 6.61. The zero-order valence-electron chi connectivity index (χ0n) is 10.1. The highest BCUT2D eigenvalue weighted by Crippen LogP contribution is 2.47. The molecule has 98 valence electrons. The van der Waals surface area contributed by atoms with Crippen LogP contribution in [0.4, 0.5) is 0 Å². The summed E-state index contributed by atoms with van der Waals surface area (Å²) in [5.74, 6) is -0.387. The molecular formula is C13H15BrO4. The van der Waals surface area contributed by atoms with Crippen molar-refractivity contribution < 1.29 is 19.7 Å². The number of ether oxygens (including phenoxy) is 1. The third kappa shape index (κ3) is 1.96. The van der Waals surface area contributed by atoms with Crippen molar-refractivity contribution in [1.82, 2.24) is 0 Å². The van der Waals surface area contributed by atoms with Gasteiger partial charge in [0.05, 0.1) is 17.0 Å². The molecule has 0 bridgehead atoms. The molecule has 4 nitrogen and oxygen atoms in total. The van der Waals surface area contributed by atoms with Gasteiger partial charge in [-0.3, -0.25) is 4.79 Å². The van der Waals surface area contributed by atoms with Gasteiger partial charge in [0, 0.05) is 11.6 Å². The van der Waals surface area contributed by atoms with Crippen LogP contribution in [0.15, 0.2) is 16.6 Å². The molecule has 1 aromatic rings. The van der Waals surface area contributed by atoms with E-state index in [1.54, 1.807) is 6.07 Å². The Morgan fingerprint density at radius 1 is 1.39 bits per heavy atom. The lowest BCUT2D eigenvalue weighted by molar-refractivity contribution is -0.143. The number of halogens is 1. The van der Waals surface area contributed by atoms with Gasteiger partial charge >= 0.3 is 5.97 Å². The van der Waals surface area contributed by atoms with Crippen molar-refractivity contribution in [3.8, 4) is 11.5 Å². The highest BCUT2D eigenvalue weighted by molar-refractivity contribution is 9.10. The molecule has 0 radical (unpaired) electrons. The zero-order valence-corrected chi connectivity index (χ0v) is 11.7. The molecule has 1 aromatic carbocycles. The van der Waals surface area contributed by atoms with E-state index in [2.05, 4.69) is 15.9 Å². The number of aliphatic carboxylic acids is 1. The van der Waals surface area contributed by atoms with Gasteiger partial charge in [0.1, 0.15) is 11.5 Å². The zero-order chi connectivity index (χ0) is 13.3. The first-order valence-electron chi connectivity index (χ1n) is 5.81. The van der Waals surface area contributed by atoms with Crippen molar-refractivity contribution in [2.75, 3.05) is 7.11 Å². The molecule has 1 aliphatic carbocycles. The topological polar surface area (TPSA) is 66.8 Å². The first-order chi connectivity index (χ1) is 8.51. The largest absolute Gasteiger partial charge is 0.507 e. The van der Waals surface area contributed by atoms with E-state index >= 15 is 0 Å². The van der Waals surface area contributed by atoms with Gasteiger partial charge in [0.2, 0.25) is 0 Å². The fourth-order valence-corrected chi connectivity index (χ4v) is 3.16. The van der Waals surface area contributed by atoms with Crippen LogP contribution in [0.2, 0.25) is 0 Å². The lowest BCUT2D eigenvalue weighted by Crippen LogP contribution is -2.32. The van der Waals surface area contributed by atoms with Crippen molar-refractivity contribution in [3.05, 3.63) is 22.2 Å². The molecule has 0 amide bonds. The summed E-state index contributed by atoms with van der Waals surface area (Å²) < 4.78 is 5.74. The number of hydrogen-bond donors (Lipinski definition) is 2. The van der Waals surface area contributed by atoms with Crippen molar-refractivity contribution in [3.63, 3.8) is 0 Å². The summed E-state index contributed by atoms with van der Waals surface area (Å²) in [6.45, 7) is 0. The number of hydrogen-bond acceptors (Lipinski definition) is 3. The van der Waals surface area contributed by atoms with Crippen LogP contribution in [0.25, 0.3) is 0 Å². The Morgan fingerprint density at radius 3 is 2.50 bits per heavy atom. The van der Waals surface area contributed by atoms with E-state index < -0.39 is 11.4 Å². The smallest absolute Gasteiger partial charge is 0.314 e. The third-order valence-electron chi connectivity index (χ3n) is 3.65. The van der Waals surface area contributed by atoms with E-state index in [4.69, 9.17) is 4.74 Å². The molecule has 2 rings (SSSR count). The lowest BCUT2D eigenvalue weighted by Gasteiger charge is -2.25. The Balaban J connectivity index is 2.56. The van der Waals surface area contributed by atoms with E-state index in [-0.39, 0.29) is 5.75 Å². The van der Waals surface area contributed by atoms with Crippen molar-refractivity contribution in [2.45, 2.75) is 31.1 Å². The fourth-order valence-electron chi connectivity index (χ4n) is 2.66. The minimum Gasteiger partial charge on any atom is -0.507 e. The Labute approximate surface area is 114 Å². The van der Waals surface area contributed by atoms with Gasteiger partial charge in [-0.15, -0.1) is 0 Å². The molecule has 1 aliphatic rings. The summed E-state index contributed by atoms with van der Waals surface area (Å²) in [5.41, 5.74) is -0.487. The Kier molecular flexibility index (Phi) is 3.52. The Bertz CT molecular complexity index is 478. The van der Waals surface area contributed by atoms with Crippen LogP contribution in [0.5, 0.6) is 11.5 Å². The second-order valence-electron chi connectivity index (χ2n) is 4.60. The summed E-state index contributed by atoms with van der Waals surface area (Å²) in [5, 5.41) is 19.6. The molecule has 0 saturated heterocycles. The van der Waals surface area contributed by atoms with E-state index in [9.17, 15) is 15.0 Å². The maximum absolute atomic E-state index is 11.6. The second kappa shape index (κ2) is 4.80. The van der Waals surface area contributed by atoms with Crippen LogP contribution in [-0.2, 0) is 10.2 Å². The van der Waals surface area contributed by atoms with Crippen molar-refractivity contribution >= 4 is 21.9 Å². The van der Waals surface area contributed by atoms with E-state index in [1.165, 1.54) is 13.2 Å². The average Bonchev–Trinajstić information content (AvgIpc) is 2.82. The van der Waals surface area contributed by atoms with Crippen LogP contribution in [0, 0.1) is 0 Å². The van der Waals surface area contributed by atoms with Gasteiger partial charge < -0.3 is 14.9 Å². The number of carboxylic acid groups (broad SMARTS) is 1. The maximum Gasteiger partial charge on any atom is 0.314 e. The second-order valence-corrected chi connectivity index (χ2v) is 5.45. The number of rotatable bonds is 3. The predicted molar refractivity (Wildman–Crippen MR) is 70.1 cm³/mol. The van der Waals surface area contributed by atoms with Crippen LogP contribution in [-0.4, -0.2) is 23.3 Å². The van der Waals surface area contributed by atoms with Gasteiger partial charge in [0.25, 0.3) is 0 Å². The molecule has 0 aliphatic heterocycles. The maximum atomic E-state index is 11.6. The molecule has 1 fully saturated rings. The Morgan fingerprint density at radius 2 is 2.00 bits per heavy atom. The summed E-state index contributed by atoms with van der Waals surface area (Å²) in [6.07, 6.45) is 2.87. The molecular weight excluding hydrogens is 300 g/mol. The number of phenolic OH excluding ortho intramolecular Hbond substituents is 1. The van der Waals surface area contributed by atoms with Crippen LogP contribution in [0.3, 0.4) is 0 Å². The predicted octanol–water partition coefficient (Wildman–Crippen LogP) is 3.06. The monoisotopic (exact) mass is 314 g/mol. The van der Waals surface area contributed by atoms with Crippen LogP contribution in [0.1, 0.15) is 31.2 Å². The van der Waals surface area contributed by atoms with Gasteiger partial charge in [-0.1, -0.05) is 12.8 Å². The number of carboxylic acids is 1. The molecule has 0 unspecified atom stereocenters. The normalized spacial score (nSPS) is 17.7. The highest BCUT2D eigenvalue weighted by atomic mass is 79.9. The van der Waals surface area contributed by atoms with Gasteiger partial charge in [-0.25, -0.2) is 0 Å². The summed E-state index contributed by atoms with van der Waals surface area (Å²) >= 11 is 3.33. The van der Waals surface area contributed by atoms with Gasteiger partial charge in [-0.2, -0.15) is 0 Å². The van der Waals surface area contributed by atoms with Crippen molar-refractivity contribution in [1.29, 1.82) is 0 Å². The molecule has 0 spiro atoms. The number of benzene rings is 1. The van der Waals surface area contributed by atoms with E-state index in [0.29, 0.717) is 28.6 Å².